The molecule has 0 N–H and O–H groups in total. The first-order chi connectivity index (χ1) is 12.1. The first kappa shape index (κ1) is 18.6. The normalized spacial score (nSPS) is 48.3. The highest BCUT2D eigenvalue weighted by Crippen LogP contribution is 2.66. The van der Waals surface area contributed by atoms with Gasteiger partial charge in [-0.1, -0.05) is 20.3 Å². The van der Waals surface area contributed by atoms with E-state index in [4.69, 9.17) is 4.74 Å². The summed E-state index contributed by atoms with van der Waals surface area (Å²) in [5.41, 5.74) is 0.748. The summed E-state index contributed by atoms with van der Waals surface area (Å²) in [6.45, 7) is 4.87. The number of fused-ring (bicyclic) bond motifs is 5. The molecule has 0 saturated heterocycles. The van der Waals surface area contributed by atoms with Crippen molar-refractivity contribution in [3.05, 3.63) is 0 Å². The number of halogens is 3. The third-order valence-corrected chi connectivity index (χ3v) is 8.90. The highest BCUT2D eigenvalue weighted by molar-refractivity contribution is 5.75. The van der Waals surface area contributed by atoms with Gasteiger partial charge in [-0.15, -0.1) is 0 Å². The highest BCUT2D eigenvalue weighted by Gasteiger charge is 2.58. The lowest BCUT2D eigenvalue weighted by molar-refractivity contribution is -0.210. The Balaban J connectivity index is 1.46. The molecule has 148 valence electrons. The zero-order chi connectivity index (χ0) is 18.7. The zero-order valence-electron chi connectivity index (χ0n) is 15.9. The van der Waals surface area contributed by atoms with Gasteiger partial charge in [0.2, 0.25) is 0 Å². The molecule has 26 heavy (non-hydrogen) atoms. The summed E-state index contributed by atoms with van der Waals surface area (Å²) in [6, 6.07) is 0. The molecule has 2 nitrogen and oxygen atoms in total. The Labute approximate surface area is 154 Å². The quantitative estimate of drug-likeness (QED) is 0.536. The van der Waals surface area contributed by atoms with Gasteiger partial charge in [-0.25, -0.2) is 4.79 Å². The molecule has 4 rings (SSSR count). The van der Waals surface area contributed by atoms with Gasteiger partial charge >= 0.3 is 12.1 Å². The Hall–Kier alpha value is -0.740. The van der Waals surface area contributed by atoms with Crippen LogP contribution in [0.4, 0.5) is 13.2 Å². The van der Waals surface area contributed by atoms with Crippen LogP contribution in [0.15, 0.2) is 0 Å². The van der Waals surface area contributed by atoms with E-state index in [2.05, 4.69) is 13.8 Å². The van der Waals surface area contributed by atoms with Crippen molar-refractivity contribution < 1.29 is 22.7 Å². The second kappa shape index (κ2) is 6.13. The van der Waals surface area contributed by atoms with E-state index in [1.807, 2.05) is 0 Å². The van der Waals surface area contributed by atoms with Crippen molar-refractivity contribution >= 4 is 5.97 Å². The van der Waals surface area contributed by atoms with Crippen LogP contribution in [0.1, 0.15) is 78.1 Å². The van der Waals surface area contributed by atoms with Gasteiger partial charge < -0.3 is 4.74 Å². The Morgan fingerprint density at radius 3 is 2.46 bits per heavy atom. The number of hydrogen-bond acceptors (Lipinski definition) is 2. The summed E-state index contributed by atoms with van der Waals surface area (Å²) in [5.74, 6) is 0.733. The van der Waals surface area contributed by atoms with Crippen molar-refractivity contribution in [1.29, 1.82) is 0 Å². The van der Waals surface area contributed by atoms with Crippen LogP contribution >= 0.6 is 0 Å². The van der Waals surface area contributed by atoms with Crippen LogP contribution in [-0.2, 0) is 9.53 Å². The van der Waals surface area contributed by atoms with Gasteiger partial charge in [0.05, 0.1) is 0 Å². The van der Waals surface area contributed by atoms with Crippen molar-refractivity contribution in [1.82, 2.24) is 0 Å². The molecule has 4 aliphatic carbocycles. The summed E-state index contributed by atoms with van der Waals surface area (Å²) >= 11 is 0. The van der Waals surface area contributed by atoms with Gasteiger partial charge in [-0.3, -0.25) is 0 Å². The molecule has 7 atom stereocenters. The number of esters is 1. The highest BCUT2D eigenvalue weighted by atomic mass is 19.4. The van der Waals surface area contributed by atoms with Crippen LogP contribution in [0, 0.1) is 34.5 Å². The molecule has 0 aromatic carbocycles. The van der Waals surface area contributed by atoms with Crippen LogP contribution in [0.2, 0.25) is 0 Å². The molecule has 0 heterocycles. The zero-order valence-corrected chi connectivity index (χ0v) is 15.9. The number of ether oxygens (including phenoxy) is 1. The lowest BCUT2D eigenvalue weighted by Gasteiger charge is -2.60. The lowest BCUT2D eigenvalue weighted by Crippen LogP contribution is -2.53. The summed E-state index contributed by atoms with van der Waals surface area (Å²) in [4.78, 5) is 11.2. The van der Waals surface area contributed by atoms with Gasteiger partial charge in [0.15, 0.2) is 0 Å². The standard InChI is InChI=1S/C21H31F3O2/c1-19-9-3-4-16(19)15-6-5-13-12-14(26-18(25)21(22,23)24)7-11-20(13,2)17(15)8-10-19/h13-17H,3-12H2,1-2H3/t13-,14?,15-,16-,17-,19-,20-/m0/s1. The van der Waals surface area contributed by atoms with E-state index in [0.29, 0.717) is 30.1 Å². The topological polar surface area (TPSA) is 26.3 Å². The maximum absolute atomic E-state index is 12.5. The van der Waals surface area contributed by atoms with Gasteiger partial charge in [-0.05, 0) is 92.3 Å². The SMILES string of the molecule is C[C@@]12CCC[C@H]1[C@@H]1CC[C@H]3CC(OC(=O)C(F)(F)F)CC[C@]3(C)[C@H]1CC2. The molecule has 0 radical (unpaired) electrons. The van der Waals surface area contributed by atoms with Crippen LogP contribution in [-0.4, -0.2) is 18.2 Å². The fraction of sp³-hybridized carbons (Fsp3) is 0.952. The molecular formula is C21H31F3O2. The first-order valence-corrected chi connectivity index (χ1v) is 10.4. The van der Waals surface area contributed by atoms with Crippen LogP contribution in [0.5, 0.6) is 0 Å². The Bertz CT molecular complexity index is 574. The van der Waals surface area contributed by atoms with E-state index < -0.39 is 18.2 Å². The van der Waals surface area contributed by atoms with Crippen LogP contribution < -0.4 is 0 Å². The maximum atomic E-state index is 12.5. The average Bonchev–Trinajstić information content (AvgIpc) is 2.96. The van der Waals surface area contributed by atoms with Crippen LogP contribution in [0.25, 0.3) is 0 Å². The van der Waals surface area contributed by atoms with E-state index in [0.717, 1.165) is 24.7 Å². The van der Waals surface area contributed by atoms with Crippen molar-refractivity contribution in [2.45, 2.75) is 90.3 Å². The molecule has 0 amide bonds. The smallest absolute Gasteiger partial charge is 0.456 e. The largest absolute Gasteiger partial charge is 0.490 e. The number of hydrogen-bond donors (Lipinski definition) is 0. The Morgan fingerprint density at radius 1 is 0.962 bits per heavy atom. The van der Waals surface area contributed by atoms with Crippen molar-refractivity contribution in [2.75, 3.05) is 0 Å². The van der Waals surface area contributed by atoms with Gasteiger partial charge in [0.1, 0.15) is 6.10 Å². The molecular weight excluding hydrogens is 341 g/mol. The van der Waals surface area contributed by atoms with E-state index in [-0.39, 0.29) is 5.41 Å². The second-order valence-corrected chi connectivity index (χ2v) is 10.0. The van der Waals surface area contributed by atoms with E-state index in [1.54, 1.807) is 0 Å². The molecule has 0 aromatic heterocycles. The van der Waals surface area contributed by atoms with E-state index in [1.165, 1.54) is 38.5 Å². The third kappa shape index (κ3) is 2.88. The molecule has 0 spiro atoms. The average molecular weight is 372 g/mol. The maximum Gasteiger partial charge on any atom is 0.490 e. The minimum absolute atomic E-state index is 0.216. The minimum Gasteiger partial charge on any atom is -0.456 e. The molecule has 0 bridgehead atoms. The second-order valence-electron chi connectivity index (χ2n) is 10.0. The number of alkyl halides is 3. The fourth-order valence-electron chi connectivity index (χ4n) is 7.54. The van der Waals surface area contributed by atoms with Crippen molar-refractivity contribution in [3.63, 3.8) is 0 Å². The predicted octanol–water partition coefficient (Wildman–Crippen LogP) is 5.89. The molecule has 0 aromatic rings. The summed E-state index contributed by atoms with van der Waals surface area (Å²) < 4.78 is 42.4. The summed E-state index contributed by atoms with van der Waals surface area (Å²) in [6.07, 6.45) is 5.65. The summed E-state index contributed by atoms with van der Waals surface area (Å²) in [7, 11) is 0. The minimum atomic E-state index is -4.88. The van der Waals surface area contributed by atoms with Gasteiger partial charge in [-0.2, -0.15) is 13.2 Å². The molecule has 4 saturated carbocycles. The van der Waals surface area contributed by atoms with E-state index in [9.17, 15) is 18.0 Å². The monoisotopic (exact) mass is 372 g/mol. The van der Waals surface area contributed by atoms with E-state index >= 15 is 0 Å². The Kier molecular flexibility index (Phi) is 4.39. The van der Waals surface area contributed by atoms with Crippen molar-refractivity contribution in [2.24, 2.45) is 34.5 Å². The molecule has 0 aliphatic heterocycles. The molecule has 5 heteroatoms. The van der Waals surface area contributed by atoms with Gasteiger partial charge in [0.25, 0.3) is 0 Å². The van der Waals surface area contributed by atoms with Crippen LogP contribution in [0.3, 0.4) is 0 Å². The molecule has 4 fully saturated rings. The first-order valence-electron chi connectivity index (χ1n) is 10.4. The third-order valence-electron chi connectivity index (χ3n) is 8.90. The summed E-state index contributed by atoms with van der Waals surface area (Å²) in [5, 5.41) is 0. The lowest BCUT2D eigenvalue weighted by atomic mass is 9.45. The molecule has 4 aliphatic rings. The van der Waals surface area contributed by atoms with Crippen molar-refractivity contribution in [3.8, 4) is 0 Å². The molecule has 1 unspecified atom stereocenters. The number of rotatable bonds is 1. The predicted molar refractivity (Wildman–Crippen MR) is 92.3 cm³/mol. The fourth-order valence-corrected chi connectivity index (χ4v) is 7.54. The number of carbonyl (C=O) groups is 1. The Morgan fingerprint density at radius 2 is 1.73 bits per heavy atom. The number of carbonyl (C=O) groups excluding carboxylic acids is 1. The van der Waals surface area contributed by atoms with Gasteiger partial charge in [0, 0.05) is 0 Å².